The van der Waals surface area contributed by atoms with Gasteiger partial charge >= 0.3 is 0 Å². The Bertz CT molecular complexity index is 614. The number of hydrogen-bond acceptors (Lipinski definition) is 4. The molecule has 0 radical (unpaired) electrons. The van der Waals surface area contributed by atoms with Gasteiger partial charge in [0, 0.05) is 31.6 Å². The molecule has 2 amide bonds. The van der Waals surface area contributed by atoms with Crippen LogP contribution in [-0.4, -0.2) is 62.0 Å². The summed E-state index contributed by atoms with van der Waals surface area (Å²) in [5.74, 6) is 0.991. The molecule has 24 heavy (non-hydrogen) atoms. The summed E-state index contributed by atoms with van der Waals surface area (Å²) in [7, 11) is 3.07. The van der Waals surface area contributed by atoms with E-state index in [-0.39, 0.29) is 11.8 Å². The number of carbonyl (C=O) groups is 2. The minimum absolute atomic E-state index is 0.103. The van der Waals surface area contributed by atoms with Gasteiger partial charge in [-0.15, -0.1) is 0 Å². The van der Waals surface area contributed by atoms with Crippen LogP contribution in [0.2, 0.25) is 0 Å². The van der Waals surface area contributed by atoms with E-state index in [2.05, 4.69) is 0 Å². The van der Waals surface area contributed by atoms with E-state index in [1.54, 1.807) is 30.2 Å². The fourth-order valence-corrected chi connectivity index (χ4v) is 2.81. The van der Waals surface area contributed by atoms with Gasteiger partial charge in [0.1, 0.15) is 0 Å². The van der Waals surface area contributed by atoms with Crippen molar-refractivity contribution in [2.75, 3.05) is 40.4 Å². The van der Waals surface area contributed by atoms with Crippen LogP contribution in [0.25, 0.3) is 0 Å². The van der Waals surface area contributed by atoms with E-state index in [4.69, 9.17) is 9.47 Å². The smallest absolute Gasteiger partial charge is 0.257 e. The summed E-state index contributed by atoms with van der Waals surface area (Å²) in [6, 6.07) is 5.26. The Morgan fingerprint density at radius 1 is 0.958 bits per heavy atom. The minimum atomic E-state index is -0.401. The number of benzene rings is 1. The van der Waals surface area contributed by atoms with Crippen molar-refractivity contribution >= 4 is 11.8 Å². The number of ether oxygens (including phenoxy) is 2. The van der Waals surface area contributed by atoms with Crippen LogP contribution in [0.3, 0.4) is 0 Å². The molecule has 1 aromatic rings. The average Bonchev–Trinajstić information content (AvgIpc) is 2.58. The molecular weight excluding hydrogens is 308 g/mol. The van der Waals surface area contributed by atoms with Crippen LogP contribution in [0.1, 0.15) is 31.1 Å². The van der Waals surface area contributed by atoms with Gasteiger partial charge in [-0.05, 0) is 12.1 Å². The number of nitrogens with zero attached hydrogens (tertiary/aromatic N) is 2. The number of carbonyl (C=O) groups excluding carboxylic acids is 2. The first-order valence-electron chi connectivity index (χ1n) is 8.09. The third-order valence-electron chi connectivity index (χ3n) is 4.13. The summed E-state index contributed by atoms with van der Waals surface area (Å²) in [6.45, 7) is 7.86. The average molecular weight is 334 g/mol. The summed E-state index contributed by atoms with van der Waals surface area (Å²) in [6.07, 6.45) is 0. The Morgan fingerprint density at radius 3 is 2.04 bits per heavy atom. The lowest BCUT2D eigenvalue weighted by molar-refractivity contribution is -0.140. The van der Waals surface area contributed by atoms with E-state index in [9.17, 15) is 9.59 Å². The lowest BCUT2D eigenvalue weighted by Crippen LogP contribution is -2.53. The molecule has 0 spiro atoms. The molecule has 132 valence electrons. The molecule has 0 aromatic heterocycles. The topological polar surface area (TPSA) is 59.1 Å². The van der Waals surface area contributed by atoms with Crippen molar-refractivity contribution in [3.05, 3.63) is 23.8 Å². The molecule has 0 atom stereocenters. The van der Waals surface area contributed by atoms with E-state index in [1.807, 2.05) is 25.7 Å². The lowest BCUT2D eigenvalue weighted by atomic mass is 9.94. The number of hydrogen-bond donors (Lipinski definition) is 0. The zero-order valence-electron chi connectivity index (χ0n) is 15.1. The molecule has 0 saturated carbocycles. The van der Waals surface area contributed by atoms with Crippen molar-refractivity contribution in [3.63, 3.8) is 0 Å². The molecule has 1 aromatic carbocycles. The van der Waals surface area contributed by atoms with E-state index in [0.717, 1.165) is 0 Å². The van der Waals surface area contributed by atoms with E-state index in [1.165, 1.54) is 7.11 Å². The van der Waals surface area contributed by atoms with E-state index in [0.29, 0.717) is 43.2 Å². The van der Waals surface area contributed by atoms with Crippen molar-refractivity contribution in [2.24, 2.45) is 5.41 Å². The van der Waals surface area contributed by atoms with Gasteiger partial charge < -0.3 is 19.3 Å². The lowest BCUT2D eigenvalue weighted by Gasteiger charge is -2.37. The quantitative estimate of drug-likeness (QED) is 0.849. The van der Waals surface area contributed by atoms with Gasteiger partial charge in [0.05, 0.1) is 19.8 Å². The highest BCUT2D eigenvalue weighted by Gasteiger charge is 2.31. The molecule has 0 aliphatic carbocycles. The van der Waals surface area contributed by atoms with Crippen LogP contribution in [0, 0.1) is 5.41 Å². The molecule has 0 N–H and O–H groups in total. The number of methoxy groups -OCH3 is 2. The number of rotatable bonds is 3. The second-order valence-electron chi connectivity index (χ2n) is 6.88. The van der Waals surface area contributed by atoms with Crippen molar-refractivity contribution in [2.45, 2.75) is 20.8 Å². The molecule has 2 rings (SSSR count). The molecule has 1 saturated heterocycles. The molecule has 0 unspecified atom stereocenters. The summed E-state index contributed by atoms with van der Waals surface area (Å²) >= 11 is 0. The Labute approximate surface area is 143 Å². The highest BCUT2D eigenvalue weighted by molar-refractivity contribution is 5.98. The maximum Gasteiger partial charge on any atom is 0.257 e. The van der Waals surface area contributed by atoms with Crippen LogP contribution in [0.5, 0.6) is 11.5 Å². The summed E-state index contributed by atoms with van der Waals surface area (Å²) < 4.78 is 10.6. The molecular formula is C18H26N2O4. The van der Waals surface area contributed by atoms with Crippen LogP contribution >= 0.6 is 0 Å². The largest absolute Gasteiger partial charge is 0.493 e. The van der Waals surface area contributed by atoms with Gasteiger partial charge in [-0.1, -0.05) is 26.8 Å². The molecule has 0 bridgehead atoms. The Morgan fingerprint density at radius 2 is 1.54 bits per heavy atom. The van der Waals surface area contributed by atoms with E-state index >= 15 is 0 Å². The summed E-state index contributed by atoms with van der Waals surface area (Å²) in [4.78, 5) is 28.7. The van der Waals surface area contributed by atoms with Crippen molar-refractivity contribution in [1.82, 2.24) is 9.80 Å². The third-order valence-corrected chi connectivity index (χ3v) is 4.13. The Hall–Kier alpha value is -2.24. The number of para-hydroxylation sites is 1. The Balaban J connectivity index is 2.10. The second-order valence-corrected chi connectivity index (χ2v) is 6.88. The fraction of sp³-hybridized carbons (Fsp3) is 0.556. The highest BCUT2D eigenvalue weighted by Crippen LogP contribution is 2.31. The molecule has 1 aliphatic heterocycles. The molecule has 1 fully saturated rings. The normalized spacial score (nSPS) is 15.2. The predicted molar refractivity (Wildman–Crippen MR) is 91.5 cm³/mol. The summed E-state index contributed by atoms with van der Waals surface area (Å²) in [5.41, 5.74) is 0.0785. The first-order valence-corrected chi connectivity index (χ1v) is 8.09. The number of piperazine rings is 1. The SMILES string of the molecule is COc1cccc(C(=O)N2CCN(C(=O)C(C)(C)C)CC2)c1OC. The van der Waals surface area contributed by atoms with Gasteiger partial charge in [0.25, 0.3) is 5.91 Å². The van der Waals surface area contributed by atoms with Crippen molar-refractivity contribution in [1.29, 1.82) is 0 Å². The van der Waals surface area contributed by atoms with Crippen molar-refractivity contribution < 1.29 is 19.1 Å². The first kappa shape index (κ1) is 18.1. The molecule has 1 heterocycles. The molecule has 1 aliphatic rings. The zero-order valence-corrected chi connectivity index (χ0v) is 15.1. The van der Waals surface area contributed by atoms with Crippen LogP contribution in [0.15, 0.2) is 18.2 Å². The van der Waals surface area contributed by atoms with Crippen LogP contribution < -0.4 is 9.47 Å². The van der Waals surface area contributed by atoms with Crippen molar-refractivity contribution in [3.8, 4) is 11.5 Å². The number of amides is 2. The predicted octanol–water partition coefficient (Wildman–Crippen LogP) is 2.03. The van der Waals surface area contributed by atoms with Crippen LogP contribution in [0.4, 0.5) is 0 Å². The first-order chi connectivity index (χ1) is 11.3. The van der Waals surface area contributed by atoms with Gasteiger partial charge in [-0.2, -0.15) is 0 Å². The maximum atomic E-state index is 12.8. The maximum absolute atomic E-state index is 12.8. The fourth-order valence-electron chi connectivity index (χ4n) is 2.81. The zero-order chi connectivity index (χ0) is 17.9. The highest BCUT2D eigenvalue weighted by atomic mass is 16.5. The van der Waals surface area contributed by atoms with E-state index < -0.39 is 5.41 Å². The third kappa shape index (κ3) is 3.63. The monoisotopic (exact) mass is 334 g/mol. The minimum Gasteiger partial charge on any atom is -0.493 e. The second kappa shape index (κ2) is 7.11. The Kier molecular flexibility index (Phi) is 5.36. The molecule has 6 heteroatoms. The van der Waals surface area contributed by atoms with Gasteiger partial charge in [0.2, 0.25) is 5.91 Å². The van der Waals surface area contributed by atoms with Gasteiger partial charge in [-0.3, -0.25) is 9.59 Å². The molecule has 6 nitrogen and oxygen atoms in total. The van der Waals surface area contributed by atoms with Gasteiger partial charge in [-0.25, -0.2) is 0 Å². The van der Waals surface area contributed by atoms with Gasteiger partial charge in [0.15, 0.2) is 11.5 Å². The van der Waals surface area contributed by atoms with Crippen LogP contribution in [-0.2, 0) is 4.79 Å². The summed E-state index contributed by atoms with van der Waals surface area (Å²) in [5, 5.41) is 0. The standard InChI is InChI=1S/C18H26N2O4/c1-18(2,3)17(22)20-11-9-19(10-12-20)16(21)13-7-6-8-14(23-4)15(13)24-5/h6-8H,9-12H2,1-5H3.